The molecule has 0 aromatic carbocycles. The van der Waals surface area contributed by atoms with Gasteiger partial charge in [-0.1, -0.05) is 343 Å². The Bertz CT molecular complexity index is 1800. The lowest BCUT2D eigenvalue weighted by atomic mass is 10.0. The first kappa shape index (κ1) is 87.2. The Kier molecular flexibility index (Phi) is 68.3. The standard InChI is InChI=1S/C80H146NO8P/c1-6-8-10-12-14-16-18-20-22-24-26-28-30-32-34-36-37-38-39-40-41-42-43-45-46-48-50-52-54-56-58-60-62-64-66-68-70-72-79(82)86-76-78(77-88-90(84,85)87-75-74-81(3,4)5)89-80(83)73-71-69-67-65-63-61-59-57-55-53-51-49-47-44-35-33-31-29-27-25-23-21-19-17-15-13-11-9-7-2/h9,11,15,17-18,20-21,23-24,26-27,29,33,35,78H,6-8,10,12-14,16,19,22,25,28,30-32,34,36-77H2,1-5H3/p+1/b11-9-,17-15-,20-18-,23-21-,26-24-,29-27-,35-33-. The second kappa shape index (κ2) is 70.5. The van der Waals surface area contributed by atoms with Crippen LogP contribution in [0.5, 0.6) is 0 Å². The van der Waals surface area contributed by atoms with E-state index in [1.165, 1.54) is 250 Å². The van der Waals surface area contributed by atoms with Gasteiger partial charge in [0.05, 0.1) is 27.7 Å². The number of likely N-dealkylation sites (N-methyl/N-ethyl adjacent to an activating group) is 1. The van der Waals surface area contributed by atoms with E-state index in [0.717, 1.165) is 77.0 Å². The van der Waals surface area contributed by atoms with E-state index in [2.05, 4.69) is 98.9 Å². The molecule has 0 saturated heterocycles. The maximum absolute atomic E-state index is 12.9. The molecule has 524 valence electrons. The molecule has 90 heavy (non-hydrogen) atoms. The third-order valence-electron chi connectivity index (χ3n) is 16.9. The number of phosphoric ester groups is 1. The molecule has 0 bridgehead atoms. The van der Waals surface area contributed by atoms with E-state index in [1.54, 1.807) is 0 Å². The van der Waals surface area contributed by atoms with Crippen molar-refractivity contribution in [1.82, 2.24) is 0 Å². The van der Waals surface area contributed by atoms with Gasteiger partial charge in [0.25, 0.3) is 0 Å². The number of hydrogen-bond acceptors (Lipinski definition) is 7. The highest BCUT2D eigenvalue weighted by Gasteiger charge is 2.27. The van der Waals surface area contributed by atoms with Crippen LogP contribution in [0.15, 0.2) is 85.1 Å². The quantitative estimate of drug-likeness (QED) is 0.0211. The van der Waals surface area contributed by atoms with E-state index in [9.17, 15) is 19.0 Å². The van der Waals surface area contributed by atoms with Crippen molar-refractivity contribution in [1.29, 1.82) is 0 Å². The summed E-state index contributed by atoms with van der Waals surface area (Å²) in [6.07, 6.45) is 97.2. The van der Waals surface area contributed by atoms with Crippen LogP contribution in [-0.4, -0.2) is 74.9 Å². The molecule has 1 N–H and O–H groups in total. The molecule has 9 nitrogen and oxygen atoms in total. The number of carbonyl (C=O) groups is 2. The fraction of sp³-hybridized carbons (Fsp3) is 0.800. The Morgan fingerprint density at radius 2 is 0.633 bits per heavy atom. The van der Waals surface area contributed by atoms with Crippen LogP contribution in [-0.2, 0) is 32.7 Å². The highest BCUT2D eigenvalue weighted by molar-refractivity contribution is 7.47. The van der Waals surface area contributed by atoms with Crippen LogP contribution < -0.4 is 0 Å². The van der Waals surface area contributed by atoms with Gasteiger partial charge in [0.2, 0.25) is 0 Å². The van der Waals surface area contributed by atoms with E-state index >= 15 is 0 Å². The van der Waals surface area contributed by atoms with Gasteiger partial charge in [-0.3, -0.25) is 18.6 Å². The van der Waals surface area contributed by atoms with Gasteiger partial charge in [-0.05, 0) is 89.9 Å². The minimum Gasteiger partial charge on any atom is -0.462 e. The second-order valence-corrected chi connectivity index (χ2v) is 28.5. The summed E-state index contributed by atoms with van der Waals surface area (Å²) in [6.45, 7) is 4.36. The summed E-state index contributed by atoms with van der Waals surface area (Å²) in [5.74, 6) is -0.784. The van der Waals surface area contributed by atoms with Gasteiger partial charge in [0, 0.05) is 12.8 Å². The van der Waals surface area contributed by atoms with Crippen LogP contribution in [0.3, 0.4) is 0 Å². The molecule has 0 spiro atoms. The number of carbonyl (C=O) groups excluding carboxylic acids is 2. The summed E-state index contributed by atoms with van der Waals surface area (Å²) in [6, 6.07) is 0. The van der Waals surface area contributed by atoms with Crippen LogP contribution in [0.25, 0.3) is 0 Å². The molecule has 2 atom stereocenters. The first-order valence-corrected chi connectivity index (χ1v) is 39.8. The minimum atomic E-state index is -4.40. The average Bonchev–Trinajstić information content (AvgIpc) is 3.58. The number of ether oxygens (including phenoxy) is 2. The number of esters is 2. The number of nitrogens with zero attached hydrogens (tertiary/aromatic N) is 1. The van der Waals surface area contributed by atoms with Gasteiger partial charge < -0.3 is 18.9 Å². The maximum atomic E-state index is 12.9. The van der Waals surface area contributed by atoms with Crippen molar-refractivity contribution in [2.75, 3.05) is 47.5 Å². The minimum absolute atomic E-state index is 0.0308. The molecule has 0 aliphatic carbocycles. The first-order valence-electron chi connectivity index (χ1n) is 38.3. The molecule has 0 aromatic rings. The summed E-state index contributed by atoms with van der Waals surface area (Å²) in [7, 11) is 1.49. The largest absolute Gasteiger partial charge is 0.472 e. The third kappa shape index (κ3) is 74.2. The monoisotopic (exact) mass is 1280 g/mol. The van der Waals surface area contributed by atoms with Crippen molar-refractivity contribution in [2.45, 2.75) is 367 Å². The number of allylic oxidation sites excluding steroid dienone is 14. The Labute approximate surface area is 558 Å². The summed E-state index contributed by atoms with van der Waals surface area (Å²) < 4.78 is 34.8. The molecule has 0 aromatic heterocycles. The molecule has 2 unspecified atom stereocenters. The predicted octanol–water partition coefficient (Wildman–Crippen LogP) is 25.3. The lowest BCUT2D eigenvalue weighted by Crippen LogP contribution is -2.37. The molecule has 0 aliphatic heterocycles. The maximum Gasteiger partial charge on any atom is 0.472 e. The fourth-order valence-corrected chi connectivity index (χ4v) is 11.8. The van der Waals surface area contributed by atoms with E-state index < -0.39 is 26.5 Å². The molecule has 0 rings (SSSR count). The van der Waals surface area contributed by atoms with Gasteiger partial charge in [-0.25, -0.2) is 4.57 Å². The van der Waals surface area contributed by atoms with Crippen LogP contribution in [0.1, 0.15) is 361 Å². The van der Waals surface area contributed by atoms with Gasteiger partial charge in [0.1, 0.15) is 19.8 Å². The van der Waals surface area contributed by atoms with E-state index in [4.69, 9.17) is 18.5 Å². The lowest BCUT2D eigenvalue weighted by molar-refractivity contribution is -0.870. The molecule has 0 aliphatic rings. The van der Waals surface area contributed by atoms with Crippen molar-refractivity contribution >= 4 is 19.8 Å². The van der Waals surface area contributed by atoms with Gasteiger partial charge in [0.15, 0.2) is 6.10 Å². The number of unbranched alkanes of at least 4 members (excludes halogenated alkanes) is 43. The summed E-state index contributed by atoms with van der Waals surface area (Å²) >= 11 is 0. The van der Waals surface area contributed by atoms with Gasteiger partial charge in [-0.2, -0.15) is 0 Å². The Morgan fingerprint density at radius 1 is 0.356 bits per heavy atom. The van der Waals surface area contributed by atoms with Gasteiger partial charge in [-0.15, -0.1) is 0 Å². The number of hydrogen-bond donors (Lipinski definition) is 1. The number of phosphoric acid groups is 1. The summed E-state index contributed by atoms with van der Waals surface area (Å²) in [4.78, 5) is 35.9. The number of rotatable bonds is 71. The smallest absolute Gasteiger partial charge is 0.462 e. The zero-order valence-corrected chi connectivity index (χ0v) is 60.8. The molecule has 0 fully saturated rings. The fourth-order valence-electron chi connectivity index (χ4n) is 11.1. The molecule has 0 saturated carbocycles. The third-order valence-corrected chi connectivity index (χ3v) is 17.9. The molecular weight excluding hydrogens is 1130 g/mol. The summed E-state index contributed by atoms with van der Waals surface area (Å²) in [5.41, 5.74) is 0. The molecule has 0 amide bonds. The van der Waals surface area contributed by atoms with Crippen LogP contribution in [0, 0.1) is 0 Å². The highest BCUT2D eigenvalue weighted by atomic mass is 31.2. The van der Waals surface area contributed by atoms with Gasteiger partial charge >= 0.3 is 19.8 Å². The zero-order valence-electron chi connectivity index (χ0n) is 59.9. The van der Waals surface area contributed by atoms with Crippen LogP contribution in [0.2, 0.25) is 0 Å². The Hall–Kier alpha value is -2.81. The second-order valence-electron chi connectivity index (χ2n) is 27.0. The number of quaternary nitrogens is 1. The molecule has 0 heterocycles. The van der Waals surface area contributed by atoms with Crippen molar-refractivity contribution < 1.29 is 42.1 Å². The SMILES string of the molecule is CC/C=C\C/C=C\C/C=C\C/C=C\C/C=C\CCCCCCCCCCCCCCCC(=O)OC(COC(=O)CCCCCCCCCCCCCCCCCCCCCCCCCCC/C=C\C/C=C\CCCCCCC)COP(=O)(O)OCC[N+](C)(C)C. The zero-order chi connectivity index (χ0) is 65.5. The van der Waals surface area contributed by atoms with E-state index in [0.29, 0.717) is 23.9 Å². The van der Waals surface area contributed by atoms with Crippen LogP contribution in [0.4, 0.5) is 0 Å². The van der Waals surface area contributed by atoms with Crippen molar-refractivity contribution in [3.63, 3.8) is 0 Å². The Morgan fingerprint density at radius 3 is 0.944 bits per heavy atom. The van der Waals surface area contributed by atoms with Crippen molar-refractivity contribution in [3.8, 4) is 0 Å². The van der Waals surface area contributed by atoms with E-state index in [1.807, 2.05) is 21.1 Å². The summed E-state index contributed by atoms with van der Waals surface area (Å²) in [5, 5.41) is 0. The highest BCUT2D eigenvalue weighted by Crippen LogP contribution is 2.43. The normalized spacial score (nSPS) is 13.5. The molecule has 10 heteroatoms. The van der Waals surface area contributed by atoms with Crippen molar-refractivity contribution in [3.05, 3.63) is 85.1 Å². The lowest BCUT2D eigenvalue weighted by Gasteiger charge is -2.24. The topological polar surface area (TPSA) is 108 Å². The Balaban J connectivity index is 3.95. The predicted molar refractivity (Wildman–Crippen MR) is 390 cm³/mol. The van der Waals surface area contributed by atoms with Crippen molar-refractivity contribution in [2.24, 2.45) is 0 Å². The molecular formula is C80H147NO8P+. The molecule has 0 radical (unpaired) electrons. The van der Waals surface area contributed by atoms with Crippen LogP contribution >= 0.6 is 7.82 Å². The van der Waals surface area contributed by atoms with E-state index in [-0.39, 0.29) is 25.6 Å². The average molecular weight is 1280 g/mol. The first-order chi connectivity index (χ1) is 44.0.